The highest BCUT2D eigenvalue weighted by atomic mass is 16.6. The number of hydrazone groups is 1. The first-order chi connectivity index (χ1) is 15.0. The predicted molar refractivity (Wildman–Crippen MR) is 120 cm³/mol. The van der Waals surface area contributed by atoms with Crippen molar-refractivity contribution in [3.8, 4) is 0 Å². The van der Waals surface area contributed by atoms with Gasteiger partial charge in [0.05, 0.1) is 16.7 Å². The summed E-state index contributed by atoms with van der Waals surface area (Å²) in [7, 11) is 0. The Morgan fingerprint density at radius 1 is 1.06 bits per heavy atom. The zero-order chi connectivity index (χ0) is 21.8. The average molecular weight is 415 g/mol. The summed E-state index contributed by atoms with van der Waals surface area (Å²) in [6.45, 7) is 2.05. The molecule has 31 heavy (non-hydrogen) atoms. The van der Waals surface area contributed by atoms with Gasteiger partial charge in [0.15, 0.2) is 0 Å². The van der Waals surface area contributed by atoms with E-state index in [0.717, 1.165) is 22.5 Å². The smallest absolute Gasteiger partial charge is 0.339 e. The number of nitro benzene ring substituents is 1. The number of para-hydroxylation sites is 1. The van der Waals surface area contributed by atoms with Crippen LogP contribution in [0.2, 0.25) is 0 Å². The Balaban J connectivity index is 1.50. The number of rotatable bonds is 4. The van der Waals surface area contributed by atoms with Gasteiger partial charge in [-0.3, -0.25) is 10.1 Å². The van der Waals surface area contributed by atoms with Crippen molar-refractivity contribution < 1.29 is 9.72 Å². The number of carbonyl (C=O) groups is 1. The number of carbonyl (C=O) groups excluding carboxylic acids is 1. The second-order valence-corrected chi connectivity index (χ2v) is 7.29. The third kappa shape index (κ3) is 4.69. The Bertz CT molecular complexity index is 1140. The van der Waals surface area contributed by atoms with E-state index in [4.69, 9.17) is 0 Å². The molecule has 4 rings (SSSR count). The first-order valence-corrected chi connectivity index (χ1v) is 9.80. The Kier molecular flexibility index (Phi) is 5.61. The van der Waals surface area contributed by atoms with Crippen LogP contribution in [0.5, 0.6) is 0 Å². The van der Waals surface area contributed by atoms with E-state index < -0.39 is 11.0 Å². The molecule has 1 unspecified atom stereocenters. The molecule has 0 saturated heterocycles. The van der Waals surface area contributed by atoms with Gasteiger partial charge in [0.1, 0.15) is 0 Å². The molecule has 0 bridgehead atoms. The van der Waals surface area contributed by atoms with E-state index in [2.05, 4.69) is 45.4 Å². The molecule has 1 aliphatic heterocycles. The van der Waals surface area contributed by atoms with Crippen molar-refractivity contribution in [2.45, 2.75) is 19.4 Å². The van der Waals surface area contributed by atoms with Gasteiger partial charge < -0.3 is 10.6 Å². The lowest BCUT2D eigenvalue weighted by molar-refractivity contribution is -0.384. The summed E-state index contributed by atoms with van der Waals surface area (Å²) in [5, 5.41) is 21.3. The molecule has 0 radical (unpaired) electrons. The molecule has 3 N–H and O–H groups in total. The van der Waals surface area contributed by atoms with E-state index in [1.54, 1.807) is 0 Å². The average Bonchev–Trinajstić information content (AvgIpc) is 2.78. The molecule has 0 saturated carbocycles. The van der Waals surface area contributed by atoms with Crippen LogP contribution in [0.1, 0.15) is 29.2 Å². The maximum Gasteiger partial charge on any atom is 0.339 e. The third-order valence-corrected chi connectivity index (χ3v) is 5.07. The largest absolute Gasteiger partial charge is 0.377 e. The molecule has 156 valence electrons. The maximum atomic E-state index is 12.3. The summed E-state index contributed by atoms with van der Waals surface area (Å²) in [6, 6.07) is 21.3. The SMILES string of the molecule is Cc1ccc(C2CC(=NNC(=O)Nc3ccc([N+](=O)[O-])cc3)c3ccccc3N2)cc1. The van der Waals surface area contributed by atoms with Gasteiger partial charge in [-0.05, 0) is 30.7 Å². The molecular formula is C23H21N5O3. The second kappa shape index (κ2) is 8.66. The lowest BCUT2D eigenvalue weighted by Gasteiger charge is -2.28. The normalized spacial score (nSPS) is 16.2. The Labute approximate surface area is 179 Å². The molecule has 3 aromatic rings. The highest BCUT2D eigenvalue weighted by molar-refractivity contribution is 6.07. The third-order valence-electron chi connectivity index (χ3n) is 5.07. The fraction of sp³-hybridized carbons (Fsp3) is 0.130. The molecule has 8 nitrogen and oxygen atoms in total. The number of amides is 2. The van der Waals surface area contributed by atoms with Crippen LogP contribution in [0.15, 0.2) is 77.9 Å². The van der Waals surface area contributed by atoms with Crippen LogP contribution >= 0.6 is 0 Å². The van der Waals surface area contributed by atoms with E-state index in [9.17, 15) is 14.9 Å². The number of nitrogens with zero attached hydrogens (tertiary/aromatic N) is 2. The lowest BCUT2D eigenvalue weighted by Crippen LogP contribution is -2.29. The van der Waals surface area contributed by atoms with Gasteiger partial charge in [-0.25, -0.2) is 10.2 Å². The molecule has 2 amide bonds. The zero-order valence-corrected chi connectivity index (χ0v) is 16.8. The maximum absolute atomic E-state index is 12.3. The van der Waals surface area contributed by atoms with Gasteiger partial charge in [0.25, 0.3) is 5.69 Å². The summed E-state index contributed by atoms with van der Waals surface area (Å²) in [5.74, 6) is 0. The number of hydrogen-bond donors (Lipinski definition) is 3. The van der Waals surface area contributed by atoms with Gasteiger partial charge >= 0.3 is 6.03 Å². The van der Waals surface area contributed by atoms with E-state index in [-0.39, 0.29) is 11.7 Å². The number of benzene rings is 3. The van der Waals surface area contributed by atoms with Gasteiger partial charge in [0, 0.05) is 35.5 Å². The predicted octanol–water partition coefficient (Wildman–Crippen LogP) is 4.99. The molecule has 0 aliphatic carbocycles. The highest BCUT2D eigenvalue weighted by Gasteiger charge is 2.24. The van der Waals surface area contributed by atoms with E-state index in [0.29, 0.717) is 12.1 Å². The number of nitrogens with one attached hydrogen (secondary N) is 3. The van der Waals surface area contributed by atoms with Crippen molar-refractivity contribution in [3.63, 3.8) is 0 Å². The molecule has 1 aliphatic rings. The van der Waals surface area contributed by atoms with Crippen LogP contribution < -0.4 is 16.1 Å². The Morgan fingerprint density at radius 2 is 1.77 bits per heavy atom. The summed E-state index contributed by atoms with van der Waals surface area (Å²) >= 11 is 0. The standard InChI is InChI=1S/C23H21N5O3/c1-15-6-8-16(9-7-15)21-14-22(19-4-2-3-5-20(19)25-21)26-27-23(29)24-17-10-12-18(13-11-17)28(30)31/h2-13,21,25H,14H2,1H3,(H2,24,27,29). The number of aryl methyl sites for hydroxylation is 1. The molecular weight excluding hydrogens is 394 g/mol. The number of urea groups is 1. The fourth-order valence-electron chi connectivity index (χ4n) is 3.45. The topological polar surface area (TPSA) is 109 Å². The lowest BCUT2D eigenvalue weighted by atomic mass is 9.91. The summed E-state index contributed by atoms with van der Waals surface area (Å²) in [5.41, 5.74) is 7.91. The first kappa shape index (κ1) is 20.1. The fourth-order valence-corrected chi connectivity index (χ4v) is 3.45. The van der Waals surface area contributed by atoms with Crippen molar-refractivity contribution in [2.24, 2.45) is 5.10 Å². The van der Waals surface area contributed by atoms with Gasteiger partial charge in [-0.15, -0.1) is 0 Å². The quantitative estimate of drug-likeness (QED) is 0.412. The van der Waals surface area contributed by atoms with Crippen LogP contribution in [0.3, 0.4) is 0 Å². The number of anilines is 2. The molecule has 3 aromatic carbocycles. The number of fused-ring (bicyclic) bond motifs is 1. The Morgan fingerprint density at radius 3 is 2.48 bits per heavy atom. The van der Waals surface area contributed by atoms with Crippen molar-refractivity contribution >= 4 is 28.8 Å². The number of nitro groups is 1. The highest BCUT2D eigenvalue weighted by Crippen LogP contribution is 2.32. The van der Waals surface area contributed by atoms with E-state index in [1.165, 1.54) is 29.8 Å². The van der Waals surface area contributed by atoms with Crippen molar-refractivity contribution in [3.05, 3.63) is 99.6 Å². The molecule has 1 heterocycles. The summed E-state index contributed by atoms with van der Waals surface area (Å²) in [6.07, 6.45) is 0.609. The molecule has 0 aromatic heterocycles. The summed E-state index contributed by atoms with van der Waals surface area (Å²) < 4.78 is 0. The molecule has 1 atom stereocenters. The van der Waals surface area contributed by atoms with Crippen LogP contribution in [0, 0.1) is 17.0 Å². The van der Waals surface area contributed by atoms with Crippen molar-refractivity contribution in [1.82, 2.24) is 5.43 Å². The number of non-ortho nitro benzene ring substituents is 1. The van der Waals surface area contributed by atoms with E-state index >= 15 is 0 Å². The zero-order valence-electron chi connectivity index (χ0n) is 16.8. The van der Waals surface area contributed by atoms with Gasteiger partial charge in [-0.1, -0.05) is 48.0 Å². The minimum atomic E-state index is -0.524. The second-order valence-electron chi connectivity index (χ2n) is 7.29. The van der Waals surface area contributed by atoms with E-state index in [1.807, 2.05) is 31.2 Å². The molecule has 8 heteroatoms. The first-order valence-electron chi connectivity index (χ1n) is 9.80. The molecule has 0 fully saturated rings. The van der Waals surface area contributed by atoms with Crippen molar-refractivity contribution in [2.75, 3.05) is 10.6 Å². The van der Waals surface area contributed by atoms with Crippen LogP contribution in [0.25, 0.3) is 0 Å². The van der Waals surface area contributed by atoms with Crippen LogP contribution in [-0.4, -0.2) is 16.7 Å². The molecule has 0 spiro atoms. The monoisotopic (exact) mass is 415 g/mol. The number of hydrogen-bond acceptors (Lipinski definition) is 5. The van der Waals surface area contributed by atoms with Crippen molar-refractivity contribution in [1.29, 1.82) is 0 Å². The Hall–Kier alpha value is -4.20. The van der Waals surface area contributed by atoms with Crippen LogP contribution in [0.4, 0.5) is 21.9 Å². The minimum absolute atomic E-state index is 0.0359. The van der Waals surface area contributed by atoms with Gasteiger partial charge in [0.2, 0.25) is 0 Å². The van der Waals surface area contributed by atoms with Gasteiger partial charge in [-0.2, -0.15) is 5.10 Å². The minimum Gasteiger partial charge on any atom is -0.377 e. The van der Waals surface area contributed by atoms with Crippen LogP contribution in [-0.2, 0) is 0 Å². The summed E-state index contributed by atoms with van der Waals surface area (Å²) in [4.78, 5) is 22.5.